The highest BCUT2D eigenvalue weighted by atomic mass is 16.6. The van der Waals surface area contributed by atoms with Crippen molar-refractivity contribution in [1.29, 1.82) is 5.26 Å². The first kappa shape index (κ1) is 22.0. The number of alkyl carbamates (subject to hydrolysis) is 2. The number of rotatable bonds is 2. The molecule has 8 nitrogen and oxygen atoms in total. The number of nitriles is 1. The number of nitrogens with one attached hydrogen (secondary N) is 2. The Hall–Kier alpha value is -3.08. The van der Waals surface area contributed by atoms with Gasteiger partial charge in [-0.1, -0.05) is 18.2 Å². The van der Waals surface area contributed by atoms with Gasteiger partial charge in [0.25, 0.3) is 0 Å². The molecule has 0 radical (unpaired) electrons. The average molecular weight is 374 g/mol. The minimum Gasteiger partial charge on any atom is -0.444 e. The first-order chi connectivity index (χ1) is 12.4. The summed E-state index contributed by atoms with van der Waals surface area (Å²) in [5.41, 5.74) is -0.326. The maximum Gasteiger partial charge on any atom is 0.414 e. The minimum absolute atomic E-state index is 0.0741. The van der Waals surface area contributed by atoms with Crippen molar-refractivity contribution in [1.82, 2.24) is 10.6 Å². The summed E-state index contributed by atoms with van der Waals surface area (Å²) in [5, 5.41) is 13.9. The van der Waals surface area contributed by atoms with Gasteiger partial charge in [-0.05, 0) is 53.2 Å². The van der Waals surface area contributed by atoms with Crippen LogP contribution in [-0.4, -0.2) is 29.3 Å². The first-order valence-corrected chi connectivity index (χ1v) is 8.42. The molecule has 0 bridgehead atoms. The molecular weight excluding hydrogens is 348 g/mol. The number of aliphatic imine (C=N–C) groups is 1. The summed E-state index contributed by atoms with van der Waals surface area (Å²) in [4.78, 5) is 28.2. The largest absolute Gasteiger partial charge is 0.444 e. The molecule has 2 N–H and O–H groups in total. The normalized spacial score (nSPS) is 11.0. The molecule has 0 aromatic heterocycles. The van der Waals surface area contributed by atoms with E-state index in [1.807, 2.05) is 0 Å². The molecule has 0 saturated carbocycles. The van der Waals surface area contributed by atoms with Gasteiger partial charge < -0.3 is 9.47 Å². The molecular formula is C19H26N4O4. The molecule has 1 aromatic carbocycles. The van der Waals surface area contributed by atoms with Crippen molar-refractivity contribution < 1.29 is 19.1 Å². The molecule has 0 fully saturated rings. The van der Waals surface area contributed by atoms with E-state index in [0.29, 0.717) is 11.1 Å². The molecule has 0 saturated heterocycles. The smallest absolute Gasteiger partial charge is 0.414 e. The number of amides is 2. The summed E-state index contributed by atoms with van der Waals surface area (Å²) >= 11 is 0. The number of ether oxygens (including phenoxy) is 2. The Morgan fingerprint density at radius 1 is 1.00 bits per heavy atom. The second-order valence-corrected chi connectivity index (χ2v) is 7.69. The van der Waals surface area contributed by atoms with E-state index in [4.69, 9.17) is 14.7 Å². The van der Waals surface area contributed by atoms with Crippen molar-refractivity contribution in [2.24, 2.45) is 4.99 Å². The van der Waals surface area contributed by atoms with Crippen LogP contribution >= 0.6 is 0 Å². The third kappa shape index (κ3) is 9.26. The van der Waals surface area contributed by atoms with Crippen molar-refractivity contribution in [3.05, 3.63) is 35.4 Å². The highest BCUT2D eigenvalue weighted by molar-refractivity contribution is 6.01. The van der Waals surface area contributed by atoms with Crippen LogP contribution in [0.4, 0.5) is 9.59 Å². The molecule has 1 rings (SSSR count). The highest BCUT2D eigenvalue weighted by Crippen LogP contribution is 2.10. The Bertz CT molecular complexity index is 720. The van der Waals surface area contributed by atoms with Crippen molar-refractivity contribution in [2.75, 3.05) is 0 Å². The van der Waals surface area contributed by atoms with Crippen LogP contribution < -0.4 is 10.6 Å². The predicted octanol–water partition coefficient (Wildman–Crippen LogP) is 3.46. The summed E-state index contributed by atoms with van der Waals surface area (Å²) in [7, 11) is 0. The second-order valence-electron chi connectivity index (χ2n) is 7.69. The van der Waals surface area contributed by atoms with Crippen LogP contribution in [0, 0.1) is 11.3 Å². The minimum atomic E-state index is -0.772. The second kappa shape index (κ2) is 9.03. The summed E-state index contributed by atoms with van der Waals surface area (Å²) in [6, 6.07) is 8.98. The number of nitrogens with zero attached hydrogens (tertiary/aromatic N) is 2. The lowest BCUT2D eigenvalue weighted by Crippen LogP contribution is -2.47. The van der Waals surface area contributed by atoms with E-state index >= 15 is 0 Å². The summed E-state index contributed by atoms with van der Waals surface area (Å²) in [6.07, 6.45) is -1.54. The standard InChI is InChI=1S/C19H26N4O4/c1-18(2,3)26-16(24)22-15(23-17(25)27-19(4,5)6)21-12-14-10-8-7-9-13(14)11-20/h7-10H,12H2,1-6H3,(H2,21,22,23,24,25). The van der Waals surface area contributed by atoms with Crippen LogP contribution in [0.2, 0.25) is 0 Å². The molecule has 0 spiro atoms. The van der Waals surface area contributed by atoms with Crippen LogP contribution in [0.25, 0.3) is 0 Å². The van der Waals surface area contributed by atoms with Crippen molar-refractivity contribution in [2.45, 2.75) is 59.3 Å². The summed E-state index contributed by atoms with van der Waals surface area (Å²) < 4.78 is 10.3. The fourth-order valence-corrected chi connectivity index (χ4v) is 1.84. The first-order valence-electron chi connectivity index (χ1n) is 8.42. The Morgan fingerprint density at radius 3 is 1.93 bits per heavy atom. The Morgan fingerprint density at radius 2 is 1.48 bits per heavy atom. The Labute approximate surface area is 159 Å². The SMILES string of the molecule is CC(C)(C)OC(=O)NC(=NCc1ccccc1C#N)NC(=O)OC(C)(C)C. The average Bonchev–Trinajstić information content (AvgIpc) is 2.49. The lowest BCUT2D eigenvalue weighted by atomic mass is 10.1. The number of hydrogen-bond donors (Lipinski definition) is 2. The highest BCUT2D eigenvalue weighted by Gasteiger charge is 2.21. The number of guanidine groups is 1. The van der Waals surface area contributed by atoms with Crippen LogP contribution in [0.15, 0.2) is 29.3 Å². The molecule has 8 heteroatoms. The van der Waals surface area contributed by atoms with Gasteiger partial charge in [-0.3, -0.25) is 10.6 Å². The van der Waals surface area contributed by atoms with Crippen LogP contribution in [0.1, 0.15) is 52.7 Å². The molecule has 146 valence electrons. The summed E-state index contributed by atoms with van der Waals surface area (Å²) in [6.45, 7) is 10.4. The van der Waals surface area contributed by atoms with Crippen molar-refractivity contribution in [3.8, 4) is 6.07 Å². The molecule has 1 aromatic rings. The lowest BCUT2D eigenvalue weighted by molar-refractivity contribution is 0.0545. The summed E-state index contributed by atoms with van der Waals surface area (Å²) in [5.74, 6) is -0.133. The van der Waals surface area contributed by atoms with Crippen LogP contribution in [-0.2, 0) is 16.0 Å². The van der Waals surface area contributed by atoms with Gasteiger partial charge in [0.05, 0.1) is 18.2 Å². The maximum absolute atomic E-state index is 12.0. The molecule has 0 unspecified atom stereocenters. The number of benzene rings is 1. The van der Waals surface area contributed by atoms with Gasteiger partial charge in [0.15, 0.2) is 0 Å². The van der Waals surface area contributed by atoms with E-state index in [9.17, 15) is 9.59 Å². The molecule has 2 amide bonds. The van der Waals surface area contributed by atoms with Gasteiger partial charge in [0.1, 0.15) is 11.2 Å². The zero-order valence-electron chi connectivity index (χ0n) is 16.5. The quantitative estimate of drug-likeness (QED) is 0.608. The van der Waals surface area contributed by atoms with Crippen LogP contribution in [0.5, 0.6) is 0 Å². The molecule has 0 atom stereocenters. The van der Waals surface area contributed by atoms with E-state index in [0.717, 1.165) is 0 Å². The van der Waals surface area contributed by atoms with Gasteiger partial charge in [-0.2, -0.15) is 5.26 Å². The molecule has 27 heavy (non-hydrogen) atoms. The van der Waals surface area contributed by atoms with Gasteiger partial charge >= 0.3 is 12.2 Å². The van der Waals surface area contributed by atoms with E-state index in [-0.39, 0.29) is 12.5 Å². The van der Waals surface area contributed by atoms with E-state index in [1.54, 1.807) is 65.8 Å². The Balaban J connectivity index is 2.97. The third-order valence-electron chi connectivity index (χ3n) is 2.78. The van der Waals surface area contributed by atoms with Gasteiger partial charge in [0.2, 0.25) is 5.96 Å². The Kier molecular flexibility index (Phi) is 7.35. The van der Waals surface area contributed by atoms with Gasteiger partial charge in [-0.15, -0.1) is 0 Å². The maximum atomic E-state index is 12.0. The number of hydrogen-bond acceptors (Lipinski definition) is 6. The molecule has 0 aliphatic carbocycles. The number of carbonyl (C=O) groups excluding carboxylic acids is 2. The van der Waals surface area contributed by atoms with Gasteiger partial charge in [0, 0.05) is 0 Å². The predicted molar refractivity (Wildman–Crippen MR) is 101 cm³/mol. The number of carbonyl (C=O) groups is 2. The fraction of sp³-hybridized carbons (Fsp3) is 0.474. The topological polar surface area (TPSA) is 113 Å². The molecule has 0 aliphatic heterocycles. The zero-order valence-corrected chi connectivity index (χ0v) is 16.5. The third-order valence-corrected chi connectivity index (χ3v) is 2.78. The van der Waals surface area contributed by atoms with Crippen molar-refractivity contribution >= 4 is 18.1 Å². The van der Waals surface area contributed by atoms with Gasteiger partial charge in [-0.25, -0.2) is 14.6 Å². The lowest BCUT2D eigenvalue weighted by Gasteiger charge is -2.22. The van der Waals surface area contributed by atoms with E-state index in [1.165, 1.54) is 0 Å². The van der Waals surface area contributed by atoms with E-state index < -0.39 is 23.4 Å². The van der Waals surface area contributed by atoms with E-state index in [2.05, 4.69) is 21.7 Å². The molecule has 0 heterocycles. The zero-order chi connectivity index (χ0) is 20.7. The monoisotopic (exact) mass is 374 g/mol. The molecule has 0 aliphatic rings. The van der Waals surface area contributed by atoms with Crippen molar-refractivity contribution in [3.63, 3.8) is 0 Å². The fourth-order valence-electron chi connectivity index (χ4n) is 1.84. The van der Waals surface area contributed by atoms with Crippen LogP contribution in [0.3, 0.4) is 0 Å².